The number of rotatable bonds is 1. The maximum atomic E-state index is 2.48. The summed E-state index contributed by atoms with van der Waals surface area (Å²) in [7, 11) is 0. The summed E-state index contributed by atoms with van der Waals surface area (Å²) in [6, 6.07) is 13.2. The zero-order chi connectivity index (χ0) is 10.3. The van der Waals surface area contributed by atoms with Crippen LogP contribution in [0.1, 0.15) is 18.1 Å². The molecule has 1 heterocycles. The molecule has 1 aliphatic heterocycles. The summed E-state index contributed by atoms with van der Waals surface area (Å²) < 4.78 is 0. The summed E-state index contributed by atoms with van der Waals surface area (Å²) in [5.74, 6) is 0. The van der Waals surface area contributed by atoms with Crippen molar-refractivity contribution in [3.05, 3.63) is 47.5 Å². The first kappa shape index (κ1) is 8.93. The lowest BCUT2D eigenvalue weighted by Crippen LogP contribution is -2.14. The number of hydrogen-bond donors (Lipinski definition) is 0. The van der Waals surface area contributed by atoms with Crippen LogP contribution in [-0.2, 0) is 13.1 Å². The molecule has 0 spiro atoms. The molecular formula is C14H15N. The van der Waals surface area contributed by atoms with Crippen molar-refractivity contribution in [2.75, 3.05) is 6.54 Å². The third-order valence-electron chi connectivity index (χ3n) is 3.36. The fourth-order valence-corrected chi connectivity index (χ4v) is 2.46. The molecule has 1 heteroatoms. The molecule has 1 nitrogen and oxygen atoms in total. The van der Waals surface area contributed by atoms with E-state index in [0.29, 0.717) is 0 Å². The van der Waals surface area contributed by atoms with Crippen LogP contribution < -0.4 is 0 Å². The topological polar surface area (TPSA) is 3.24 Å². The van der Waals surface area contributed by atoms with Gasteiger partial charge < -0.3 is 0 Å². The number of hydrogen-bond acceptors (Lipinski definition) is 1. The van der Waals surface area contributed by atoms with Crippen LogP contribution in [0.4, 0.5) is 0 Å². The van der Waals surface area contributed by atoms with E-state index in [2.05, 4.69) is 48.2 Å². The first-order chi connectivity index (χ1) is 7.38. The van der Waals surface area contributed by atoms with Crippen molar-refractivity contribution in [3.8, 4) is 0 Å². The van der Waals surface area contributed by atoms with Crippen molar-refractivity contribution in [2.24, 2.45) is 0 Å². The van der Waals surface area contributed by atoms with Crippen molar-refractivity contribution in [2.45, 2.75) is 20.0 Å². The average molecular weight is 197 g/mol. The molecule has 0 saturated heterocycles. The van der Waals surface area contributed by atoms with Gasteiger partial charge in [-0.3, -0.25) is 4.90 Å². The van der Waals surface area contributed by atoms with Gasteiger partial charge in [0.2, 0.25) is 0 Å². The predicted molar refractivity (Wildman–Crippen MR) is 63.7 cm³/mol. The van der Waals surface area contributed by atoms with E-state index < -0.39 is 0 Å². The number of fused-ring (bicyclic) bond motifs is 3. The molecule has 3 rings (SSSR count). The van der Waals surface area contributed by atoms with Crippen LogP contribution in [0.15, 0.2) is 36.4 Å². The lowest BCUT2D eigenvalue weighted by atomic mass is 10.0. The van der Waals surface area contributed by atoms with Gasteiger partial charge >= 0.3 is 0 Å². The van der Waals surface area contributed by atoms with Crippen molar-refractivity contribution in [1.29, 1.82) is 0 Å². The van der Waals surface area contributed by atoms with Gasteiger partial charge in [0, 0.05) is 13.1 Å². The van der Waals surface area contributed by atoms with Crippen LogP contribution in [0, 0.1) is 0 Å². The van der Waals surface area contributed by atoms with Crippen LogP contribution in [0.5, 0.6) is 0 Å². The third-order valence-corrected chi connectivity index (χ3v) is 3.36. The maximum absolute atomic E-state index is 2.48. The van der Waals surface area contributed by atoms with Gasteiger partial charge in [-0.2, -0.15) is 0 Å². The Balaban J connectivity index is 2.20. The Bertz CT molecular complexity index is 502. The molecule has 1 aliphatic rings. The number of nitrogens with zero attached hydrogens (tertiary/aromatic N) is 1. The summed E-state index contributed by atoms with van der Waals surface area (Å²) in [6.07, 6.45) is 0. The van der Waals surface area contributed by atoms with E-state index in [1.54, 1.807) is 0 Å². The second-order valence-corrected chi connectivity index (χ2v) is 4.23. The van der Waals surface area contributed by atoms with Gasteiger partial charge in [0.1, 0.15) is 0 Å². The SMILES string of the molecule is CCN1Cc2ccc3ccccc3c2C1. The highest BCUT2D eigenvalue weighted by Gasteiger charge is 2.18. The Morgan fingerprint density at radius 3 is 2.80 bits per heavy atom. The van der Waals surface area contributed by atoms with Gasteiger partial charge in [0.25, 0.3) is 0 Å². The van der Waals surface area contributed by atoms with Gasteiger partial charge in [-0.05, 0) is 28.4 Å². The molecule has 0 N–H and O–H groups in total. The summed E-state index contributed by atoms with van der Waals surface area (Å²) in [5, 5.41) is 2.81. The third kappa shape index (κ3) is 1.35. The van der Waals surface area contributed by atoms with Crippen molar-refractivity contribution < 1.29 is 0 Å². The molecule has 0 saturated carbocycles. The molecule has 15 heavy (non-hydrogen) atoms. The molecule has 0 unspecified atom stereocenters. The molecular weight excluding hydrogens is 182 g/mol. The highest BCUT2D eigenvalue weighted by atomic mass is 15.1. The molecule has 2 aromatic carbocycles. The molecule has 0 fully saturated rings. The van der Waals surface area contributed by atoms with Gasteiger partial charge in [-0.25, -0.2) is 0 Å². The minimum atomic E-state index is 1.12. The molecule has 0 aromatic heterocycles. The molecule has 0 atom stereocenters. The Labute approximate surface area is 90.3 Å². The minimum Gasteiger partial charge on any atom is -0.295 e. The average Bonchev–Trinajstić information content (AvgIpc) is 2.72. The van der Waals surface area contributed by atoms with E-state index in [-0.39, 0.29) is 0 Å². The zero-order valence-corrected chi connectivity index (χ0v) is 9.03. The Morgan fingerprint density at radius 2 is 1.93 bits per heavy atom. The summed E-state index contributed by atoms with van der Waals surface area (Å²) in [5.41, 5.74) is 3.05. The van der Waals surface area contributed by atoms with Crippen molar-refractivity contribution in [3.63, 3.8) is 0 Å². The van der Waals surface area contributed by atoms with Gasteiger partial charge in [-0.1, -0.05) is 43.3 Å². The molecule has 0 amide bonds. The van der Waals surface area contributed by atoms with Crippen LogP contribution >= 0.6 is 0 Å². The van der Waals surface area contributed by atoms with E-state index in [1.807, 2.05) is 0 Å². The zero-order valence-electron chi connectivity index (χ0n) is 9.03. The van der Waals surface area contributed by atoms with Gasteiger partial charge in [-0.15, -0.1) is 0 Å². The van der Waals surface area contributed by atoms with Crippen LogP contribution in [0.25, 0.3) is 10.8 Å². The first-order valence-corrected chi connectivity index (χ1v) is 5.60. The standard InChI is InChI=1S/C14H15N/c1-2-15-9-12-8-7-11-5-3-4-6-13(11)14(12)10-15/h3-8H,2,9-10H2,1H3. The predicted octanol–water partition coefficient (Wildman–Crippen LogP) is 3.18. The van der Waals surface area contributed by atoms with E-state index in [4.69, 9.17) is 0 Å². The number of benzene rings is 2. The van der Waals surface area contributed by atoms with E-state index in [9.17, 15) is 0 Å². The highest BCUT2D eigenvalue weighted by molar-refractivity contribution is 5.87. The van der Waals surface area contributed by atoms with Crippen LogP contribution in [0.3, 0.4) is 0 Å². The van der Waals surface area contributed by atoms with Crippen LogP contribution in [-0.4, -0.2) is 11.4 Å². The van der Waals surface area contributed by atoms with Gasteiger partial charge in [0.05, 0.1) is 0 Å². The summed E-state index contributed by atoms with van der Waals surface area (Å²) >= 11 is 0. The monoisotopic (exact) mass is 197 g/mol. The minimum absolute atomic E-state index is 1.12. The van der Waals surface area contributed by atoms with E-state index >= 15 is 0 Å². The maximum Gasteiger partial charge on any atom is 0.0246 e. The fourth-order valence-electron chi connectivity index (χ4n) is 2.46. The largest absolute Gasteiger partial charge is 0.295 e. The van der Waals surface area contributed by atoms with Crippen LogP contribution in [0.2, 0.25) is 0 Å². The Hall–Kier alpha value is -1.34. The first-order valence-electron chi connectivity index (χ1n) is 5.60. The van der Waals surface area contributed by atoms with E-state index in [0.717, 1.165) is 19.6 Å². The second kappa shape index (κ2) is 3.35. The lowest BCUT2D eigenvalue weighted by molar-refractivity contribution is 0.301. The molecule has 0 aliphatic carbocycles. The Kier molecular flexibility index (Phi) is 2.00. The smallest absolute Gasteiger partial charge is 0.0246 e. The molecule has 0 radical (unpaired) electrons. The Morgan fingerprint density at radius 1 is 1.07 bits per heavy atom. The second-order valence-electron chi connectivity index (χ2n) is 4.23. The van der Waals surface area contributed by atoms with E-state index in [1.165, 1.54) is 21.9 Å². The molecule has 2 aromatic rings. The quantitative estimate of drug-likeness (QED) is 0.678. The summed E-state index contributed by atoms with van der Waals surface area (Å²) in [4.78, 5) is 2.48. The lowest BCUT2D eigenvalue weighted by Gasteiger charge is -2.09. The van der Waals surface area contributed by atoms with Gasteiger partial charge in [0.15, 0.2) is 0 Å². The van der Waals surface area contributed by atoms with Crippen molar-refractivity contribution >= 4 is 10.8 Å². The van der Waals surface area contributed by atoms with Crippen molar-refractivity contribution in [1.82, 2.24) is 4.90 Å². The highest BCUT2D eigenvalue weighted by Crippen LogP contribution is 2.29. The normalized spacial score (nSPS) is 15.8. The molecule has 76 valence electrons. The summed E-state index contributed by atoms with van der Waals surface area (Å²) in [6.45, 7) is 5.61. The fraction of sp³-hybridized carbons (Fsp3) is 0.286. The molecule has 0 bridgehead atoms.